The van der Waals surface area contributed by atoms with Crippen molar-refractivity contribution in [1.29, 1.82) is 0 Å². The highest BCUT2D eigenvalue weighted by molar-refractivity contribution is 5.91. The Morgan fingerprint density at radius 1 is 1.20 bits per heavy atom. The Labute approximate surface area is 116 Å². The van der Waals surface area contributed by atoms with Gasteiger partial charge in [0.15, 0.2) is 0 Å². The minimum absolute atomic E-state index is 0.0604. The minimum atomic E-state index is -5.13. The standard InChI is InChI=1S/C13H18F3NO3/c1-3-4-5-6-7-8-9-20-12(19)10(17-2)11(18)13(14,15)16/h18H,3-9H2,1H3. The lowest BCUT2D eigenvalue weighted by molar-refractivity contribution is -0.142. The molecule has 0 radical (unpaired) electrons. The van der Waals surface area contributed by atoms with E-state index in [0.717, 1.165) is 32.1 Å². The van der Waals surface area contributed by atoms with Crippen LogP contribution in [0.2, 0.25) is 0 Å². The molecular weight excluding hydrogens is 275 g/mol. The molecule has 20 heavy (non-hydrogen) atoms. The predicted molar refractivity (Wildman–Crippen MR) is 66.6 cm³/mol. The van der Waals surface area contributed by atoms with Crippen LogP contribution in [0.4, 0.5) is 13.2 Å². The molecule has 0 heterocycles. The summed E-state index contributed by atoms with van der Waals surface area (Å²) in [5.41, 5.74) is -1.43. The molecule has 0 aromatic rings. The van der Waals surface area contributed by atoms with Gasteiger partial charge in [-0.25, -0.2) is 4.85 Å². The first-order valence-electron chi connectivity index (χ1n) is 6.39. The zero-order chi connectivity index (χ0) is 15.6. The minimum Gasteiger partial charge on any atom is -0.515 e. The molecule has 1 N–H and O–H groups in total. The van der Waals surface area contributed by atoms with E-state index in [1.54, 1.807) is 0 Å². The maximum atomic E-state index is 12.1. The van der Waals surface area contributed by atoms with E-state index in [1.807, 2.05) is 0 Å². The number of halogens is 3. The van der Waals surface area contributed by atoms with Gasteiger partial charge in [0.05, 0.1) is 13.2 Å². The first-order chi connectivity index (χ1) is 9.34. The number of hydrogen-bond acceptors (Lipinski definition) is 3. The van der Waals surface area contributed by atoms with Crippen molar-refractivity contribution in [3.8, 4) is 0 Å². The lowest BCUT2D eigenvalue weighted by Gasteiger charge is -2.08. The lowest BCUT2D eigenvalue weighted by Crippen LogP contribution is -2.18. The summed E-state index contributed by atoms with van der Waals surface area (Å²) in [6.45, 7) is 8.52. The number of aliphatic hydroxyl groups is 1. The molecule has 0 aromatic heterocycles. The Balaban J connectivity index is 4.17. The van der Waals surface area contributed by atoms with E-state index in [1.165, 1.54) is 0 Å². The summed E-state index contributed by atoms with van der Waals surface area (Å²) in [7, 11) is 0. The third kappa shape index (κ3) is 7.02. The van der Waals surface area contributed by atoms with Crippen molar-refractivity contribution >= 4 is 5.97 Å². The molecule has 0 rings (SSSR count). The molecule has 0 amide bonds. The van der Waals surface area contributed by atoms with Crippen LogP contribution in [0.3, 0.4) is 0 Å². The van der Waals surface area contributed by atoms with Gasteiger partial charge in [-0.1, -0.05) is 39.0 Å². The molecule has 0 bridgehead atoms. The van der Waals surface area contributed by atoms with E-state index < -0.39 is 23.6 Å². The third-order valence-corrected chi connectivity index (χ3v) is 2.53. The number of aliphatic hydroxyl groups excluding tert-OH is 1. The van der Waals surface area contributed by atoms with Crippen LogP contribution >= 0.6 is 0 Å². The number of esters is 1. The summed E-state index contributed by atoms with van der Waals surface area (Å²) in [5, 5.41) is 8.76. The molecule has 114 valence electrons. The van der Waals surface area contributed by atoms with Gasteiger partial charge < -0.3 is 9.84 Å². The second-order valence-electron chi connectivity index (χ2n) is 4.21. The van der Waals surface area contributed by atoms with Crippen molar-refractivity contribution in [2.24, 2.45) is 0 Å². The molecule has 4 nitrogen and oxygen atoms in total. The zero-order valence-corrected chi connectivity index (χ0v) is 11.3. The molecular formula is C13H18F3NO3. The Kier molecular flexibility index (Phi) is 8.45. The Morgan fingerprint density at radius 3 is 2.25 bits per heavy atom. The van der Waals surface area contributed by atoms with Crippen LogP contribution < -0.4 is 0 Å². The molecule has 0 aliphatic heterocycles. The van der Waals surface area contributed by atoms with Crippen molar-refractivity contribution in [1.82, 2.24) is 0 Å². The van der Waals surface area contributed by atoms with Crippen LogP contribution in [0.1, 0.15) is 45.4 Å². The average molecular weight is 293 g/mol. The SMILES string of the molecule is [C-]#[N+]C(C(=O)OCCCCCCCC)=C(O)C(F)(F)F. The van der Waals surface area contributed by atoms with Crippen molar-refractivity contribution in [2.75, 3.05) is 6.61 Å². The van der Waals surface area contributed by atoms with Crippen LogP contribution in [0.25, 0.3) is 4.85 Å². The number of unbranched alkanes of at least 4 members (excludes halogenated alkanes) is 5. The number of carbonyl (C=O) groups excluding carboxylic acids is 1. The molecule has 0 fully saturated rings. The van der Waals surface area contributed by atoms with E-state index in [0.29, 0.717) is 6.42 Å². The summed E-state index contributed by atoms with van der Waals surface area (Å²) < 4.78 is 41.0. The Hall–Kier alpha value is -1.71. The van der Waals surface area contributed by atoms with Gasteiger partial charge in [-0.2, -0.15) is 13.2 Å². The van der Waals surface area contributed by atoms with Gasteiger partial charge in [-0.3, -0.25) is 4.79 Å². The van der Waals surface area contributed by atoms with Gasteiger partial charge >= 0.3 is 17.8 Å². The van der Waals surface area contributed by atoms with Crippen molar-refractivity contribution in [2.45, 2.75) is 51.6 Å². The Bertz CT molecular complexity index is 383. The summed E-state index contributed by atoms with van der Waals surface area (Å²) in [6.07, 6.45) is 0.439. The van der Waals surface area contributed by atoms with E-state index in [9.17, 15) is 18.0 Å². The van der Waals surface area contributed by atoms with Crippen LogP contribution in [0, 0.1) is 6.57 Å². The fourth-order valence-corrected chi connectivity index (χ4v) is 1.45. The molecule has 0 aliphatic rings. The highest BCUT2D eigenvalue weighted by Crippen LogP contribution is 2.27. The molecule has 0 atom stereocenters. The zero-order valence-electron chi connectivity index (χ0n) is 11.3. The first kappa shape index (κ1) is 18.3. The maximum Gasteiger partial charge on any atom is 0.438 e. The quantitative estimate of drug-likeness (QED) is 0.240. The molecule has 0 saturated heterocycles. The largest absolute Gasteiger partial charge is 0.515 e. The van der Waals surface area contributed by atoms with Gasteiger partial charge in [0, 0.05) is 0 Å². The highest BCUT2D eigenvalue weighted by atomic mass is 19.4. The molecule has 0 aliphatic carbocycles. The van der Waals surface area contributed by atoms with Crippen molar-refractivity contribution in [3.63, 3.8) is 0 Å². The smallest absolute Gasteiger partial charge is 0.438 e. The number of hydrogen-bond donors (Lipinski definition) is 1. The topological polar surface area (TPSA) is 50.9 Å². The summed E-state index contributed by atoms with van der Waals surface area (Å²) >= 11 is 0. The molecule has 0 aromatic carbocycles. The second-order valence-corrected chi connectivity index (χ2v) is 4.21. The van der Waals surface area contributed by atoms with Crippen molar-refractivity contribution < 1.29 is 27.8 Å². The van der Waals surface area contributed by atoms with Crippen LogP contribution in [-0.2, 0) is 9.53 Å². The molecule has 0 unspecified atom stereocenters. The van der Waals surface area contributed by atoms with Crippen molar-refractivity contribution in [3.05, 3.63) is 22.9 Å². The van der Waals surface area contributed by atoms with Gasteiger partial charge in [-0.15, -0.1) is 0 Å². The van der Waals surface area contributed by atoms with Gasteiger partial charge in [0.2, 0.25) is 5.76 Å². The van der Waals surface area contributed by atoms with Gasteiger partial charge in [0.1, 0.15) is 0 Å². The lowest BCUT2D eigenvalue weighted by atomic mass is 10.1. The summed E-state index contributed by atoms with van der Waals surface area (Å²) in [5.74, 6) is -3.65. The number of alkyl halides is 3. The van der Waals surface area contributed by atoms with Crippen LogP contribution in [0.15, 0.2) is 11.5 Å². The number of rotatable bonds is 8. The van der Waals surface area contributed by atoms with Gasteiger partial charge in [-0.05, 0) is 6.42 Å². The average Bonchev–Trinajstić information content (AvgIpc) is 2.37. The summed E-state index contributed by atoms with van der Waals surface area (Å²) in [6, 6.07) is 0. The number of carbonyl (C=O) groups is 1. The number of ether oxygens (including phenoxy) is 1. The third-order valence-electron chi connectivity index (χ3n) is 2.53. The first-order valence-corrected chi connectivity index (χ1v) is 6.39. The fraction of sp³-hybridized carbons (Fsp3) is 0.692. The number of nitrogens with zero attached hydrogens (tertiary/aromatic N) is 1. The fourth-order valence-electron chi connectivity index (χ4n) is 1.45. The second kappa shape index (κ2) is 9.23. The monoisotopic (exact) mass is 293 g/mol. The summed E-state index contributed by atoms with van der Waals surface area (Å²) in [4.78, 5) is 13.6. The molecule has 7 heteroatoms. The van der Waals surface area contributed by atoms with E-state index >= 15 is 0 Å². The number of allylic oxidation sites excluding steroid dienone is 1. The predicted octanol–water partition coefficient (Wildman–Crippen LogP) is 4.14. The van der Waals surface area contributed by atoms with E-state index in [2.05, 4.69) is 16.5 Å². The maximum absolute atomic E-state index is 12.1. The van der Waals surface area contributed by atoms with Crippen LogP contribution in [0.5, 0.6) is 0 Å². The van der Waals surface area contributed by atoms with E-state index in [4.69, 9.17) is 11.7 Å². The highest BCUT2D eigenvalue weighted by Gasteiger charge is 2.39. The van der Waals surface area contributed by atoms with Gasteiger partial charge in [0.25, 0.3) is 0 Å². The van der Waals surface area contributed by atoms with Crippen LogP contribution in [-0.4, -0.2) is 23.9 Å². The normalized spacial score (nSPS) is 12.6. The Morgan fingerprint density at radius 2 is 1.75 bits per heavy atom. The molecule has 0 saturated carbocycles. The molecule has 0 spiro atoms. The van der Waals surface area contributed by atoms with E-state index in [-0.39, 0.29) is 6.61 Å².